The molecule has 44 heavy (non-hydrogen) atoms. The lowest BCUT2D eigenvalue weighted by Gasteiger charge is -2.36. The molecule has 8 nitrogen and oxygen atoms in total. The summed E-state index contributed by atoms with van der Waals surface area (Å²) in [5.74, 6) is -0.164. The Balaban J connectivity index is 1.11. The van der Waals surface area contributed by atoms with Crippen molar-refractivity contribution in [3.05, 3.63) is 95.1 Å². The number of hydrogen-bond donors (Lipinski definition) is 1. The number of ether oxygens (including phenoxy) is 1. The molecule has 4 aliphatic heterocycles. The summed E-state index contributed by atoms with van der Waals surface area (Å²) < 4.78 is 6.71. The molecule has 1 spiro atoms. The van der Waals surface area contributed by atoms with Gasteiger partial charge in [-0.1, -0.05) is 61.5 Å². The molecule has 3 amide bonds. The Hall–Kier alpha value is -4.01. The molecule has 7 rings (SSSR count). The minimum atomic E-state index is -1.16. The van der Waals surface area contributed by atoms with Gasteiger partial charge in [0.05, 0.1) is 37.4 Å². The predicted octanol–water partition coefficient (Wildman–Crippen LogP) is 4.71. The van der Waals surface area contributed by atoms with E-state index in [9.17, 15) is 19.5 Å². The molecule has 4 heterocycles. The second-order valence-corrected chi connectivity index (χ2v) is 12.7. The molecular weight excluding hydrogens is 554 g/mol. The fourth-order valence-electron chi connectivity index (χ4n) is 7.75. The van der Waals surface area contributed by atoms with Crippen molar-refractivity contribution in [3.8, 4) is 0 Å². The molecule has 2 fully saturated rings. The van der Waals surface area contributed by atoms with E-state index in [0.29, 0.717) is 38.9 Å². The van der Waals surface area contributed by atoms with E-state index in [1.807, 2.05) is 78.6 Å². The number of nitrogens with zero attached hydrogens (tertiary/aromatic N) is 3. The highest BCUT2D eigenvalue weighted by Crippen LogP contribution is 2.54. The molecule has 0 unspecified atom stereocenters. The van der Waals surface area contributed by atoms with E-state index >= 15 is 0 Å². The van der Waals surface area contributed by atoms with Crippen LogP contribution in [-0.4, -0.2) is 53.0 Å². The summed E-state index contributed by atoms with van der Waals surface area (Å²) in [6.45, 7) is 3.48. The summed E-state index contributed by atoms with van der Waals surface area (Å²) in [6.07, 6.45) is 3.43. The lowest BCUT2D eigenvalue weighted by molar-refractivity contribution is -0.151. The average Bonchev–Trinajstić information content (AvgIpc) is 3.49. The largest absolute Gasteiger partial charge is 0.394 e. The van der Waals surface area contributed by atoms with E-state index in [2.05, 4.69) is 6.07 Å². The summed E-state index contributed by atoms with van der Waals surface area (Å²) in [6, 6.07) is 23.5. The standard InChI is InChI=1S/C36H39N3O5/c1-24-17-30(20-34(42)38-22-27-11-3-2-10-26(27)19-29(38)23-40)44-36(24)31-13-4-5-14-32(31)39(35(36)43)21-25-9-8-12-28(18-25)37-16-7-6-15-33(37)41/h2-5,8-14,18,24,29-30,40H,6-7,15-17,19-23H2,1H3/t24-,29-,30-,36+/m0/s1. The number of benzene rings is 3. The van der Waals surface area contributed by atoms with Crippen LogP contribution in [0.2, 0.25) is 0 Å². The van der Waals surface area contributed by atoms with Crippen molar-refractivity contribution >= 4 is 29.1 Å². The number of para-hydroxylation sites is 1. The van der Waals surface area contributed by atoms with Gasteiger partial charge < -0.3 is 24.5 Å². The Bertz CT molecular complexity index is 1610. The van der Waals surface area contributed by atoms with Gasteiger partial charge in [0.1, 0.15) is 0 Å². The van der Waals surface area contributed by atoms with Gasteiger partial charge in [-0.15, -0.1) is 0 Å². The Morgan fingerprint density at radius 3 is 2.61 bits per heavy atom. The van der Waals surface area contributed by atoms with Crippen molar-refractivity contribution in [3.63, 3.8) is 0 Å². The first-order chi connectivity index (χ1) is 21.4. The minimum absolute atomic E-state index is 0.0625. The number of piperidine rings is 1. The summed E-state index contributed by atoms with van der Waals surface area (Å²) in [5.41, 5.74) is 4.59. The highest BCUT2D eigenvalue weighted by atomic mass is 16.5. The van der Waals surface area contributed by atoms with Gasteiger partial charge >= 0.3 is 0 Å². The summed E-state index contributed by atoms with van der Waals surface area (Å²) >= 11 is 0. The lowest BCUT2D eigenvalue weighted by Crippen LogP contribution is -2.47. The molecule has 1 N–H and O–H groups in total. The van der Waals surface area contributed by atoms with Crippen LogP contribution in [0.25, 0.3) is 0 Å². The molecule has 228 valence electrons. The molecule has 4 atom stereocenters. The number of carbonyl (C=O) groups is 3. The number of anilines is 2. The van der Waals surface area contributed by atoms with Crippen LogP contribution in [0, 0.1) is 5.92 Å². The number of hydrogen-bond acceptors (Lipinski definition) is 5. The first-order valence-corrected chi connectivity index (χ1v) is 15.8. The summed E-state index contributed by atoms with van der Waals surface area (Å²) in [4.78, 5) is 46.1. The number of rotatable bonds is 6. The van der Waals surface area contributed by atoms with E-state index in [-0.39, 0.29) is 42.7 Å². The van der Waals surface area contributed by atoms with E-state index in [4.69, 9.17) is 4.74 Å². The van der Waals surface area contributed by atoms with Crippen LogP contribution < -0.4 is 9.80 Å². The second-order valence-electron chi connectivity index (χ2n) is 12.7. The zero-order chi connectivity index (χ0) is 30.4. The third-order valence-electron chi connectivity index (χ3n) is 10.00. The van der Waals surface area contributed by atoms with Crippen LogP contribution in [0.1, 0.15) is 61.3 Å². The second kappa shape index (κ2) is 11.5. The first-order valence-electron chi connectivity index (χ1n) is 15.8. The molecule has 2 saturated heterocycles. The molecule has 0 bridgehead atoms. The summed E-state index contributed by atoms with van der Waals surface area (Å²) in [5, 5.41) is 10.1. The van der Waals surface area contributed by atoms with Gasteiger partial charge in [-0.2, -0.15) is 0 Å². The van der Waals surface area contributed by atoms with Crippen molar-refractivity contribution in [1.29, 1.82) is 0 Å². The van der Waals surface area contributed by atoms with Gasteiger partial charge in [-0.05, 0) is 60.6 Å². The minimum Gasteiger partial charge on any atom is -0.394 e. The topological polar surface area (TPSA) is 90.4 Å². The maximum atomic E-state index is 14.4. The monoisotopic (exact) mass is 593 g/mol. The average molecular weight is 594 g/mol. The van der Waals surface area contributed by atoms with Crippen molar-refractivity contribution < 1.29 is 24.2 Å². The van der Waals surface area contributed by atoms with Gasteiger partial charge in [-0.25, -0.2) is 0 Å². The Morgan fingerprint density at radius 2 is 1.80 bits per heavy atom. The molecule has 0 radical (unpaired) electrons. The SMILES string of the molecule is C[C@H]1C[C@@H](CC(=O)N2Cc3ccccc3C[C@H]2CO)O[C@]12C(=O)N(Cc1cccc(N3CCCCC3=O)c1)c1ccccc12. The third kappa shape index (κ3) is 4.81. The maximum absolute atomic E-state index is 14.4. The van der Waals surface area contributed by atoms with Crippen LogP contribution in [-0.2, 0) is 44.2 Å². The van der Waals surface area contributed by atoms with Gasteiger partial charge in [0, 0.05) is 36.7 Å². The Morgan fingerprint density at radius 1 is 1.00 bits per heavy atom. The number of aliphatic hydroxyl groups excluding tert-OH is 1. The normalized spacial score (nSPS) is 26.3. The van der Waals surface area contributed by atoms with E-state index in [0.717, 1.165) is 40.9 Å². The van der Waals surface area contributed by atoms with Crippen LogP contribution in [0.3, 0.4) is 0 Å². The highest BCUT2D eigenvalue weighted by Gasteiger charge is 2.60. The molecule has 0 aromatic heterocycles. The molecule has 3 aromatic rings. The molecule has 3 aromatic carbocycles. The number of aliphatic hydroxyl groups is 1. The smallest absolute Gasteiger partial charge is 0.264 e. The van der Waals surface area contributed by atoms with Crippen molar-refractivity contribution in [2.45, 2.75) is 76.3 Å². The molecule has 0 aliphatic carbocycles. The zero-order valence-corrected chi connectivity index (χ0v) is 25.2. The number of carbonyl (C=O) groups excluding carboxylic acids is 3. The molecule has 4 aliphatic rings. The van der Waals surface area contributed by atoms with E-state index in [1.165, 1.54) is 5.56 Å². The molecular formula is C36H39N3O5. The highest BCUT2D eigenvalue weighted by molar-refractivity contribution is 6.07. The Kier molecular flexibility index (Phi) is 7.50. The quantitative estimate of drug-likeness (QED) is 0.447. The number of fused-ring (bicyclic) bond motifs is 3. The van der Waals surface area contributed by atoms with Gasteiger partial charge in [0.25, 0.3) is 5.91 Å². The van der Waals surface area contributed by atoms with Gasteiger partial charge in [0.15, 0.2) is 5.60 Å². The van der Waals surface area contributed by atoms with E-state index < -0.39 is 11.7 Å². The predicted molar refractivity (Wildman–Crippen MR) is 167 cm³/mol. The van der Waals surface area contributed by atoms with Crippen molar-refractivity contribution in [1.82, 2.24) is 4.90 Å². The van der Waals surface area contributed by atoms with Gasteiger partial charge in [0.2, 0.25) is 11.8 Å². The first kappa shape index (κ1) is 28.7. The van der Waals surface area contributed by atoms with E-state index in [1.54, 1.807) is 9.80 Å². The number of amides is 3. The van der Waals surface area contributed by atoms with Crippen LogP contribution in [0.4, 0.5) is 11.4 Å². The molecule has 8 heteroatoms. The molecule has 0 saturated carbocycles. The lowest BCUT2D eigenvalue weighted by atomic mass is 9.83. The Labute approximate surface area is 258 Å². The fourth-order valence-corrected chi connectivity index (χ4v) is 7.75. The van der Waals surface area contributed by atoms with Crippen LogP contribution >= 0.6 is 0 Å². The zero-order valence-electron chi connectivity index (χ0n) is 25.2. The maximum Gasteiger partial charge on any atom is 0.264 e. The van der Waals surface area contributed by atoms with Crippen LogP contribution in [0.15, 0.2) is 72.8 Å². The van der Waals surface area contributed by atoms with Crippen molar-refractivity contribution in [2.75, 3.05) is 23.0 Å². The third-order valence-corrected chi connectivity index (χ3v) is 10.00. The summed E-state index contributed by atoms with van der Waals surface area (Å²) in [7, 11) is 0. The van der Waals surface area contributed by atoms with Crippen molar-refractivity contribution in [2.24, 2.45) is 5.92 Å². The van der Waals surface area contributed by atoms with Crippen LogP contribution in [0.5, 0.6) is 0 Å². The van der Waals surface area contributed by atoms with Gasteiger partial charge in [-0.3, -0.25) is 14.4 Å². The fraction of sp³-hybridized carbons (Fsp3) is 0.417.